The Hall–Kier alpha value is -4.69. The molecule has 8 heteroatoms. The summed E-state index contributed by atoms with van der Waals surface area (Å²) in [6, 6.07) is 21.1. The number of nitrogens with zero attached hydrogens (tertiary/aromatic N) is 2. The first-order valence-electron chi connectivity index (χ1n) is 14.2. The lowest BCUT2D eigenvalue weighted by atomic mass is 9.96. The van der Waals surface area contributed by atoms with Gasteiger partial charge in [0.2, 0.25) is 0 Å². The predicted molar refractivity (Wildman–Crippen MR) is 171 cm³/mol. The summed E-state index contributed by atoms with van der Waals surface area (Å²) in [6.07, 6.45) is 1.64. The van der Waals surface area contributed by atoms with E-state index in [1.165, 1.54) is 11.3 Å². The Morgan fingerprint density at radius 1 is 1.05 bits per heavy atom. The number of aryl methyl sites for hydroxylation is 2. The Morgan fingerprint density at radius 2 is 1.77 bits per heavy atom. The van der Waals surface area contributed by atoms with Crippen molar-refractivity contribution < 1.29 is 14.3 Å². The van der Waals surface area contributed by atoms with Crippen LogP contribution < -0.4 is 19.6 Å². The Balaban J connectivity index is 1.61. The average molecular weight is 592 g/mol. The molecule has 0 unspecified atom stereocenters. The lowest BCUT2D eigenvalue weighted by molar-refractivity contribution is -0.143. The first-order valence-corrected chi connectivity index (χ1v) is 15.0. The summed E-state index contributed by atoms with van der Waals surface area (Å²) in [5.41, 5.74) is 7.65. The lowest BCUT2D eigenvalue weighted by Crippen LogP contribution is -2.40. The van der Waals surface area contributed by atoms with Crippen LogP contribution in [0.25, 0.3) is 28.2 Å². The van der Waals surface area contributed by atoms with Gasteiger partial charge in [-0.1, -0.05) is 65.4 Å². The third kappa shape index (κ3) is 5.12. The molecule has 0 bridgehead atoms. The van der Waals surface area contributed by atoms with Gasteiger partial charge in [0.05, 0.1) is 40.8 Å². The van der Waals surface area contributed by atoms with Crippen molar-refractivity contribution in [2.24, 2.45) is 4.99 Å². The van der Waals surface area contributed by atoms with E-state index in [1.54, 1.807) is 32.4 Å². The van der Waals surface area contributed by atoms with Crippen LogP contribution >= 0.6 is 11.3 Å². The van der Waals surface area contributed by atoms with Crippen molar-refractivity contribution in [3.8, 4) is 17.0 Å². The summed E-state index contributed by atoms with van der Waals surface area (Å²) in [4.78, 5) is 36.7. The second-order valence-corrected chi connectivity index (χ2v) is 12.1. The van der Waals surface area contributed by atoms with Gasteiger partial charge in [-0.2, -0.15) is 0 Å². The van der Waals surface area contributed by atoms with Crippen LogP contribution in [0.15, 0.2) is 87.8 Å². The van der Waals surface area contributed by atoms with E-state index < -0.39 is 12.0 Å². The summed E-state index contributed by atoms with van der Waals surface area (Å²) in [5.74, 6) is 0.196. The van der Waals surface area contributed by atoms with E-state index >= 15 is 0 Å². The van der Waals surface area contributed by atoms with Gasteiger partial charge in [-0.3, -0.25) is 9.36 Å². The molecule has 0 spiro atoms. The fourth-order valence-electron chi connectivity index (χ4n) is 5.75. The van der Waals surface area contributed by atoms with Gasteiger partial charge in [0.1, 0.15) is 5.75 Å². The summed E-state index contributed by atoms with van der Waals surface area (Å²) in [5, 5.41) is 1.05. The van der Waals surface area contributed by atoms with Crippen LogP contribution in [-0.4, -0.2) is 28.7 Å². The first kappa shape index (κ1) is 28.4. The van der Waals surface area contributed by atoms with Crippen LogP contribution in [0.4, 0.5) is 0 Å². The number of carbonyl (C=O) groups excluding carboxylic acids is 1. The molecular formula is C35H33N3O4S. The normalized spacial score (nSPS) is 15.1. The predicted octanol–water partition coefficient (Wildman–Crippen LogP) is 5.96. The zero-order chi connectivity index (χ0) is 30.4. The smallest absolute Gasteiger partial charge is 0.338 e. The van der Waals surface area contributed by atoms with E-state index in [9.17, 15) is 9.59 Å². The number of hydrogen-bond acceptors (Lipinski definition) is 6. The second kappa shape index (κ2) is 11.2. The maximum atomic E-state index is 14.3. The highest BCUT2D eigenvalue weighted by atomic mass is 32.1. The number of fused-ring (bicyclic) bond motifs is 2. The van der Waals surface area contributed by atoms with Crippen LogP contribution in [0.1, 0.15) is 49.1 Å². The average Bonchev–Trinajstić information content (AvgIpc) is 3.49. The highest BCUT2D eigenvalue weighted by molar-refractivity contribution is 7.07. The van der Waals surface area contributed by atoms with Crippen molar-refractivity contribution in [2.75, 3.05) is 7.11 Å². The zero-order valence-corrected chi connectivity index (χ0v) is 25.8. The number of rotatable bonds is 6. The van der Waals surface area contributed by atoms with Crippen LogP contribution in [0.5, 0.6) is 5.75 Å². The van der Waals surface area contributed by atoms with E-state index in [1.807, 2.05) is 48.5 Å². The van der Waals surface area contributed by atoms with Crippen molar-refractivity contribution in [1.82, 2.24) is 9.55 Å². The number of allylic oxidation sites excluding steroid dienone is 1. The Morgan fingerprint density at radius 3 is 2.44 bits per heavy atom. The van der Waals surface area contributed by atoms with E-state index in [4.69, 9.17) is 14.5 Å². The van der Waals surface area contributed by atoms with Gasteiger partial charge >= 0.3 is 5.97 Å². The van der Waals surface area contributed by atoms with Gasteiger partial charge in [-0.05, 0) is 75.6 Å². The van der Waals surface area contributed by atoms with Crippen molar-refractivity contribution in [1.29, 1.82) is 0 Å². The number of thiazole rings is 1. The molecule has 3 aromatic carbocycles. The monoisotopic (exact) mass is 591 g/mol. The standard InChI is InChI=1S/C35H33N3O4S/c1-19(2)42-34(40)29-22(5)36-35-38(32(29)24-12-14-25(41-6)15-13-24)33(39)28(43-35)18-27-26-17-20(3)16-21(4)30(26)37-31(27)23-10-8-7-9-11-23/h7-19,32,37H,1-6H3/b28-18+/t32-/m1/s1. The molecule has 5 aromatic rings. The Kier molecular flexibility index (Phi) is 7.40. The van der Waals surface area contributed by atoms with Crippen LogP contribution in [0, 0.1) is 13.8 Å². The highest BCUT2D eigenvalue weighted by Gasteiger charge is 2.34. The second-order valence-electron chi connectivity index (χ2n) is 11.1. The topological polar surface area (TPSA) is 85.7 Å². The van der Waals surface area contributed by atoms with E-state index in [0.29, 0.717) is 26.4 Å². The Labute approximate surface area is 253 Å². The van der Waals surface area contributed by atoms with E-state index in [-0.39, 0.29) is 11.7 Å². The number of H-pyrrole nitrogens is 1. The number of aromatic nitrogens is 2. The lowest BCUT2D eigenvalue weighted by Gasteiger charge is -2.25. The molecule has 43 heavy (non-hydrogen) atoms. The third-order valence-electron chi connectivity index (χ3n) is 7.64. The molecule has 0 saturated carbocycles. The number of ether oxygens (including phenoxy) is 2. The first-order chi connectivity index (χ1) is 20.7. The SMILES string of the molecule is COc1ccc([C@@H]2C(C(=O)OC(C)C)=C(C)N=c3s/c(=C/c4c(-c5ccccc5)[nH]c5c(C)cc(C)cc45)c(=O)n32)cc1. The van der Waals surface area contributed by atoms with Crippen molar-refractivity contribution in [3.05, 3.63) is 120 Å². The summed E-state index contributed by atoms with van der Waals surface area (Å²) in [7, 11) is 1.60. The molecule has 0 saturated heterocycles. The van der Waals surface area contributed by atoms with Crippen molar-refractivity contribution in [2.45, 2.75) is 46.8 Å². The molecule has 218 valence electrons. The number of hydrogen-bond donors (Lipinski definition) is 1. The number of carbonyl (C=O) groups is 1. The minimum atomic E-state index is -0.698. The quantitative estimate of drug-likeness (QED) is 0.247. The molecule has 1 N–H and O–H groups in total. The summed E-state index contributed by atoms with van der Waals surface area (Å²) in [6.45, 7) is 9.58. The molecule has 6 rings (SSSR count). The van der Waals surface area contributed by atoms with Gasteiger partial charge in [-0.15, -0.1) is 0 Å². The van der Waals surface area contributed by atoms with Gasteiger partial charge in [0.15, 0.2) is 4.80 Å². The van der Waals surface area contributed by atoms with Gasteiger partial charge < -0.3 is 14.5 Å². The van der Waals surface area contributed by atoms with Gasteiger partial charge in [0.25, 0.3) is 5.56 Å². The molecular weight excluding hydrogens is 558 g/mol. The molecule has 3 heterocycles. The summed E-state index contributed by atoms with van der Waals surface area (Å²) >= 11 is 1.32. The molecule has 0 fully saturated rings. The van der Waals surface area contributed by atoms with Gasteiger partial charge in [0, 0.05) is 16.5 Å². The van der Waals surface area contributed by atoms with Crippen LogP contribution in [-0.2, 0) is 9.53 Å². The van der Waals surface area contributed by atoms with E-state index in [0.717, 1.165) is 44.4 Å². The highest BCUT2D eigenvalue weighted by Crippen LogP contribution is 2.34. The van der Waals surface area contributed by atoms with Crippen molar-refractivity contribution in [3.63, 3.8) is 0 Å². The van der Waals surface area contributed by atoms with E-state index in [2.05, 4.69) is 43.1 Å². The minimum Gasteiger partial charge on any atom is -0.497 e. The largest absolute Gasteiger partial charge is 0.497 e. The maximum absolute atomic E-state index is 14.3. The van der Waals surface area contributed by atoms with Gasteiger partial charge in [-0.25, -0.2) is 9.79 Å². The third-order valence-corrected chi connectivity index (χ3v) is 8.63. The molecule has 0 amide bonds. The summed E-state index contributed by atoms with van der Waals surface area (Å²) < 4.78 is 13.1. The number of benzene rings is 3. The van der Waals surface area contributed by atoms with Crippen molar-refractivity contribution >= 4 is 34.3 Å². The number of esters is 1. The van der Waals surface area contributed by atoms with Crippen LogP contribution in [0.3, 0.4) is 0 Å². The molecule has 7 nitrogen and oxygen atoms in total. The fraction of sp³-hybridized carbons (Fsp3) is 0.229. The molecule has 0 radical (unpaired) electrons. The molecule has 2 aromatic heterocycles. The zero-order valence-electron chi connectivity index (χ0n) is 25.0. The molecule has 1 aliphatic rings. The maximum Gasteiger partial charge on any atom is 0.338 e. The minimum absolute atomic E-state index is 0.218. The number of nitrogens with one attached hydrogen (secondary N) is 1. The Bertz CT molecular complexity index is 2080. The number of methoxy groups -OCH3 is 1. The fourth-order valence-corrected chi connectivity index (χ4v) is 6.78. The van der Waals surface area contributed by atoms with Crippen LogP contribution in [0.2, 0.25) is 0 Å². The molecule has 1 atom stereocenters. The molecule has 0 aliphatic carbocycles. The molecule has 1 aliphatic heterocycles. The number of aromatic amines is 1.